The molecule has 3 unspecified atom stereocenters. The van der Waals surface area contributed by atoms with Gasteiger partial charge in [-0.3, -0.25) is 9.69 Å². The SMILES string of the molecule is COCC1(C(=O)NC2CCN3CCCCC23)CCNC1.Cl. The second-order valence-corrected chi connectivity index (χ2v) is 6.61. The van der Waals surface area contributed by atoms with Crippen LogP contribution in [-0.4, -0.2) is 62.8 Å². The van der Waals surface area contributed by atoms with Gasteiger partial charge in [0.2, 0.25) is 5.91 Å². The van der Waals surface area contributed by atoms with Crippen molar-refractivity contribution < 1.29 is 9.53 Å². The summed E-state index contributed by atoms with van der Waals surface area (Å²) in [6.07, 6.45) is 5.84. The summed E-state index contributed by atoms with van der Waals surface area (Å²) in [7, 11) is 1.69. The molecule has 6 heteroatoms. The molecule has 3 saturated heterocycles. The molecule has 1 amide bonds. The Balaban J connectivity index is 0.00000161. The first kappa shape index (κ1) is 17.0. The van der Waals surface area contributed by atoms with Gasteiger partial charge in [0.05, 0.1) is 12.0 Å². The maximum Gasteiger partial charge on any atom is 0.230 e. The highest BCUT2D eigenvalue weighted by atomic mass is 35.5. The average molecular weight is 318 g/mol. The van der Waals surface area contributed by atoms with Crippen molar-refractivity contribution in [1.82, 2.24) is 15.5 Å². The average Bonchev–Trinajstić information content (AvgIpc) is 3.08. The van der Waals surface area contributed by atoms with Gasteiger partial charge < -0.3 is 15.4 Å². The van der Waals surface area contributed by atoms with Crippen molar-refractivity contribution >= 4 is 18.3 Å². The molecule has 5 nitrogen and oxygen atoms in total. The van der Waals surface area contributed by atoms with Crippen LogP contribution in [0.1, 0.15) is 32.1 Å². The zero-order chi connectivity index (χ0) is 14.0. The number of methoxy groups -OCH3 is 1. The van der Waals surface area contributed by atoms with E-state index >= 15 is 0 Å². The van der Waals surface area contributed by atoms with Crippen LogP contribution >= 0.6 is 12.4 Å². The van der Waals surface area contributed by atoms with E-state index in [4.69, 9.17) is 4.74 Å². The van der Waals surface area contributed by atoms with Gasteiger partial charge in [-0.2, -0.15) is 0 Å². The first-order chi connectivity index (χ1) is 9.75. The number of nitrogens with one attached hydrogen (secondary N) is 2. The fourth-order valence-corrected chi connectivity index (χ4v) is 4.14. The number of carbonyl (C=O) groups excluding carboxylic acids is 1. The molecule has 0 aromatic carbocycles. The first-order valence-corrected chi connectivity index (χ1v) is 8.00. The Bertz CT molecular complexity index is 361. The molecule has 0 spiro atoms. The van der Waals surface area contributed by atoms with Crippen LogP contribution in [-0.2, 0) is 9.53 Å². The summed E-state index contributed by atoms with van der Waals surface area (Å²) in [6.45, 7) is 4.53. The van der Waals surface area contributed by atoms with E-state index in [1.807, 2.05) is 0 Å². The molecule has 21 heavy (non-hydrogen) atoms. The Hall–Kier alpha value is -0.360. The lowest BCUT2D eigenvalue weighted by Crippen LogP contribution is -2.53. The van der Waals surface area contributed by atoms with Gasteiger partial charge in [-0.15, -0.1) is 12.4 Å². The summed E-state index contributed by atoms with van der Waals surface area (Å²) in [5.41, 5.74) is -0.350. The number of amides is 1. The molecule has 0 aliphatic carbocycles. The van der Waals surface area contributed by atoms with Gasteiger partial charge in [0.25, 0.3) is 0 Å². The normalized spacial score (nSPS) is 36.0. The smallest absolute Gasteiger partial charge is 0.230 e. The number of piperidine rings is 1. The van der Waals surface area contributed by atoms with Crippen molar-refractivity contribution in [3.05, 3.63) is 0 Å². The van der Waals surface area contributed by atoms with Gasteiger partial charge in [-0.05, 0) is 38.8 Å². The van der Waals surface area contributed by atoms with Crippen LogP contribution in [0.4, 0.5) is 0 Å². The van der Waals surface area contributed by atoms with E-state index in [-0.39, 0.29) is 23.7 Å². The van der Waals surface area contributed by atoms with Crippen LogP contribution in [0, 0.1) is 5.41 Å². The van der Waals surface area contributed by atoms with Gasteiger partial charge in [-0.25, -0.2) is 0 Å². The van der Waals surface area contributed by atoms with Crippen LogP contribution in [0.5, 0.6) is 0 Å². The third kappa shape index (κ3) is 3.36. The minimum Gasteiger partial charge on any atom is -0.384 e. The molecule has 3 atom stereocenters. The standard InChI is InChI=1S/C15H27N3O2.ClH/c1-20-11-15(6-7-16-10-15)14(19)17-12-5-9-18-8-3-2-4-13(12)18;/h12-13,16H,2-11H2,1H3,(H,17,19);1H. The van der Waals surface area contributed by atoms with E-state index in [2.05, 4.69) is 15.5 Å². The minimum absolute atomic E-state index is 0. The molecular weight excluding hydrogens is 290 g/mol. The van der Waals surface area contributed by atoms with E-state index in [1.54, 1.807) is 7.11 Å². The Morgan fingerprint density at radius 1 is 1.38 bits per heavy atom. The monoisotopic (exact) mass is 317 g/mol. The molecule has 0 saturated carbocycles. The number of carbonyl (C=O) groups is 1. The fraction of sp³-hybridized carbons (Fsp3) is 0.933. The summed E-state index contributed by atoms with van der Waals surface area (Å²) >= 11 is 0. The zero-order valence-electron chi connectivity index (χ0n) is 12.9. The lowest BCUT2D eigenvalue weighted by molar-refractivity contribution is -0.134. The third-order valence-corrected chi connectivity index (χ3v) is 5.32. The molecule has 0 bridgehead atoms. The molecule has 0 aromatic rings. The summed E-state index contributed by atoms with van der Waals surface area (Å²) in [5, 5.41) is 6.65. The van der Waals surface area contributed by atoms with Gasteiger partial charge in [-0.1, -0.05) is 6.42 Å². The lowest BCUT2D eigenvalue weighted by atomic mass is 9.86. The highest BCUT2D eigenvalue weighted by Gasteiger charge is 2.44. The van der Waals surface area contributed by atoms with Gasteiger partial charge in [0.15, 0.2) is 0 Å². The topological polar surface area (TPSA) is 53.6 Å². The predicted octanol–water partition coefficient (Wildman–Crippen LogP) is 0.777. The largest absolute Gasteiger partial charge is 0.384 e. The van der Waals surface area contributed by atoms with Crippen LogP contribution in [0.15, 0.2) is 0 Å². The molecule has 3 heterocycles. The van der Waals surface area contributed by atoms with Crippen molar-refractivity contribution in [2.75, 3.05) is 39.9 Å². The van der Waals surface area contributed by atoms with Crippen LogP contribution in [0.25, 0.3) is 0 Å². The molecule has 3 aliphatic heterocycles. The van der Waals surface area contributed by atoms with Crippen molar-refractivity contribution in [1.29, 1.82) is 0 Å². The molecule has 2 N–H and O–H groups in total. The minimum atomic E-state index is -0.350. The van der Waals surface area contributed by atoms with Crippen molar-refractivity contribution in [2.45, 2.75) is 44.2 Å². The summed E-state index contributed by atoms with van der Waals surface area (Å²) in [4.78, 5) is 15.3. The second-order valence-electron chi connectivity index (χ2n) is 6.61. The zero-order valence-corrected chi connectivity index (χ0v) is 13.7. The Kier molecular flexibility index (Phi) is 5.88. The number of hydrogen-bond donors (Lipinski definition) is 2. The number of rotatable bonds is 4. The number of nitrogens with zero attached hydrogens (tertiary/aromatic N) is 1. The van der Waals surface area contributed by atoms with E-state index in [0.29, 0.717) is 18.7 Å². The third-order valence-electron chi connectivity index (χ3n) is 5.32. The summed E-state index contributed by atoms with van der Waals surface area (Å²) in [6, 6.07) is 0.916. The Morgan fingerprint density at radius 2 is 2.24 bits per heavy atom. The second kappa shape index (κ2) is 7.27. The molecular formula is C15H28ClN3O2. The Morgan fingerprint density at radius 3 is 2.95 bits per heavy atom. The maximum atomic E-state index is 12.7. The molecule has 0 radical (unpaired) electrons. The highest BCUT2D eigenvalue weighted by Crippen LogP contribution is 2.30. The van der Waals surface area contributed by atoms with Crippen molar-refractivity contribution in [3.8, 4) is 0 Å². The van der Waals surface area contributed by atoms with E-state index in [1.165, 1.54) is 25.8 Å². The number of halogens is 1. The molecule has 3 fully saturated rings. The number of hydrogen-bond acceptors (Lipinski definition) is 4. The molecule has 3 rings (SSSR count). The lowest BCUT2D eigenvalue weighted by Gasteiger charge is -2.34. The van der Waals surface area contributed by atoms with Crippen molar-refractivity contribution in [2.24, 2.45) is 5.41 Å². The van der Waals surface area contributed by atoms with E-state index in [9.17, 15) is 4.79 Å². The van der Waals surface area contributed by atoms with Crippen molar-refractivity contribution in [3.63, 3.8) is 0 Å². The van der Waals surface area contributed by atoms with E-state index < -0.39 is 0 Å². The summed E-state index contributed by atoms with van der Waals surface area (Å²) in [5.74, 6) is 0.196. The molecule has 122 valence electrons. The van der Waals surface area contributed by atoms with E-state index in [0.717, 1.165) is 32.5 Å². The van der Waals surface area contributed by atoms with Gasteiger partial charge in [0.1, 0.15) is 0 Å². The van der Waals surface area contributed by atoms with Crippen LogP contribution < -0.4 is 10.6 Å². The molecule has 0 aromatic heterocycles. The van der Waals surface area contributed by atoms with Gasteiger partial charge >= 0.3 is 0 Å². The Labute approximate surface area is 133 Å². The number of fused-ring (bicyclic) bond motifs is 1. The van der Waals surface area contributed by atoms with Crippen LogP contribution in [0.2, 0.25) is 0 Å². The van der Waals surface area contributed by atoms with Gasteiger partial charge in [0, 0.05) is 32.3 Å². The number of ether oxygens (including phenoxy) is 1. The summed E-state index contributed by atoms with van der Waals surface area (Å²) < 4.78 is 5.31. The quantitative estimate of drug-likeness (QED) is 0.804. The predicted molar refractivity (Wildman–Crippen MR) is 84.8 cm³/mol. The highest BCUT2D eigenvalue weighted by molar-refractivity contribution is 5.85. The molecule has 3 aliphatic rings. The maximum absolute atomic E-state index is 12.7. The van der Waals surface area contributed by atoms with Crippen LogP contribution in [0.3, 0.4) is 0 Å². The first-order valence-electron chi connectivity index (χ1n) is 8.00. The fourth-order valence-electron chi connectivity index (χ4n) is 4.14.